The van der Waals surface area contributed by atoms with E-state index in [4.69, 9.17) is 4.74 Å². The number of nitrogens with zero attached hydrogens (tertiary/aromatic N) is 1. The van der Waals surface area contributed by atoms with Crippen molar-refractivity contribution < 1.29 is 14.3 Å². The summed E-state index contributed by atoms with van der Waals surface area (Å²) in [5.41, 5.74) is -0.475. The maximum Gasteiger partial charge on any atom is 0.407 e. The lowest BCUT2D eigenvalue weighted by molar-refractivity contribution is -0.128. The fourth-order valence-electron chi connectivity index (χ4n) is 2.32. The summed E-state index contributed by atoms with van der Waals surface area (Å²) in [6.07, 6.45) is 2.34. The highest BCUT2D eigenvalue weighted by Gasteiger charge is 2.27. The number of likely N-dealkylation sites (N-methyl/N-ethyl adjacent to an activating group) is 1. The summed E-state index contributed by atoms with van der Waals surface area (Å²) in [5.74, 6) is 0.0982. The van der Waals surface area contributed by atoms with E-state index in [0.717, 1.165) is 19.3 Å². The molecule has 0 aliphatic heterocycles. The third-order valence-electron chi connectivity index (χ3n) is 3.60. The van der Waals surface area contributed by atoms with Crippen LogP contribution in [0.3, 0.4) is 0 Å². The Hall–Kier alpha value is -1.30. The summed E-state index contributed by atoms with van der Waals surface area (Å²) in [4.78, 5) is 25.1. The maximum atomic E-state index is 11.7. The van der Waals surface area contributed by atoms with Gasteiger partial charge in [0.2, 0.25) is 5.91 Å². The molecule has 6 nitrogen and oxygen atoms in total. The topological polar surface area (TPSA) is 70.7 Å². The predicted octanol–water partition coefficient (Wildman–Crippen LogP) is 1.50. The molecule has 1 saturated carbocycles. The molecule has 0 aromatic heterocycles. The molecule has 2 amide bonds. The molecule has 1 aliphatic carbocycles. The van der Waals surface area contributed by atoms with Crippen molar-refractivity contribution in [3.63, 3.8) is 0 Å². The molecule has 0 saturated heterocycles. The standard InChI is InChI=1S/C15H29N3O3/c1-6-18(5)13(19)10-16-11-7-8-12(9-11)17-14(20)21-15(2,3)4/h11-12,16H,6-10H2,1-5H3,(H,17,20). The molecule has 0 aromatic rings. The van der Waals surface area contributed by atoms with Crippen LogP contribution in [0, 0.1) is 0 Å². The first-order valence-electron chi connectivity index (χ1n) is 7.68. The summed E-state index contributed by atoms with van der Waals surface area (Å²) in [7, 11) is 1.80. The highest BCUT2D eigenvalue weighted by atomic mass is 16.6. The van der Waals surface area contributed by atoms with Crippen LogP contribution in [0.1, 0.15) is 47.0 Å². The maximum absolute atomic E-state index is 11.7. The third kappa shape index (κ3) is 6.80. The minimum Gasteiger partial charge on any atom is -0.444 e. The van der Waals surface area contributed by atoms with Crippen LogP contribution in [-0.4, -0.2) is 54.7 Å². The van der Waals surface area contributed by atoms with Crippen LogP contribution in [0.15, 0.2) is 0 Å². The summed E-state index contributed by atoms with van der Waals surface area (Å²) in [6, 6.07) is 0.399. The minimum atomic E-state index is -0.475. The molecule has 1 aliphatic rings. The van der Waals surface area contributed by atoms with Gasteiger partial charge < -0.3 is 20.3 Å². The molecule has 0 radical (unpaired) electrons. The van der Waals surface area contributed by atoms with Gasteiger partial charge in [-0.2, -0.15) is 0 Å². The fraction of sp³-hybridized carbons (Fsp3) is 0.867. The zero-order valence-electron chi connectivity index (χ0n) is 13.9. The quantitative estimate of drug-likeness (QED) is 0.807. The van der Waals surface area contributed by atoms with Crippen LogP contribution in [0.4, 0.5) is 4.79 Å². The van der Waals surface area contributed by atoms with Crippen molar-refractivity contribution in [1.29, 1.82) is 0 Å². The van der Waals surface area contributed by atoms with Gasteiger partial charge in [0.05, 0.1) is 6.54 Å². The smallest absolute Gasteiger partial charge is 0.407 e. The largest absolute Gasteiger partial charge is 0.444 e. The van der Waals surface area contributed by atoms with E-state index < -0.39 is 5.60 Å². The number of nitrogens with one attached hydrogen (secondary N) is 2. The lowest BCUT2D eigenvalue weighted by Crippen LogP contribution is -2.41. The zero-order chi connectivity index (χ0) is 16.0. The second-order valence-corrected chi connectivity index (χ2v) is 6.64. The van der Waals surface area contributed by atoms with Crippen LogP contribution in [0.25, 0.3) is 0 Å². The molecule has 0 aromatic carbocycles. The number of ether oxygens (including phenoxy) is 1. The number of amides is 2. The molecular formula is C15H29N3O3. The minimum absolute atomic E-state index is 0.0982. The van der Waals surface area contributed by atoms with Crippen molar-refractivity contribution >= 4 is 12.0 Å². The number of carbonyl (C=O) groups is 2. The molecule has 1 fully saturated rings. The lowest BCUT2D eigenvalue weighted by atomic mass is 10.2. The van der Waals surface area contributed by atoms with Crippen molar-refractivity contribution in [2.45, 2.75) is 64.6 Å². The number of carbonyl (C=O) groups excluding carboxylic acids is 2. The van der Waals surface area contributed by atoms with E-state index in [0.29, 0.717) is 13.1 Å². The first-order chi connectivity index (χ1) is 9.71. The van der Waals surface area contributed by atoms with E-state index in [9.17, 15) is 9.59 Å². The van der Waals surface area contributed by atoms with Gasteiger partial charge >= 0.3 is 6.09 Å². The Morgan fingerprint density at radius 2 is 1.86 bits per heavy atom. The van der Waals surface area contributed by atoms with Gasteiger partial charge in [0, 0.05) is 25.7 Å². The van der Waals surface area contributed by atoms with Gasteiger partial charge in [-0.1, -0.05) is 0 Å². The molecule has 21 heavy (non-hydrogen) atoms. The summed E-state index contributed by atoms with van der Waals surface area (Å²) < 4.78 is 5.25. The van der Waals surface area contributed by atoms with E-state index in [2.05, 4.69) is 10.6 Å². The molecule has 6 heteroatoms. The zero-order valence-corrected chi connectivity index (χ0v) is 13.9. The molecule has 2 unspecified atom stereocenters. The van der Waals surface area contributed by atoms with Crippen molar-refractivity contribution in [3.05, 3.63) is 0 Å². The van der Waals surface area contributed by atoms with Crippen molar-refractivity contribution in [2.75, 3.05) is 20.1 Å². The van der Waals surface area contributed by atoms with Crippen LogP contribution in [0.5, 0.6) is 0 Å². The normalized spacial score (nSPS) is 22.0. The number of alkyl carbamates (subject to hydrolysis) is 1. The van der Waals surface area contributed by atoms with E-state index in [1.165, 1.54) is 0 Å². The molecular weight excluding hydrogens is 270 g/mol. The van der Waals surface area contributed by atoms with E-state index in [-0.39, 0.29) is 24.1 Å². The van der Waals surface area contributed by atoms with Gasteiger partial charge in [-0.25, -0.2) is 4.79 Å². The molecule has 122 valence electrons. The van der Waals surface area contributed by atoms with E-state index in [1.807, 2.05) is 27.7 Å². The second kappa shape index (κ2) is 7.64. The molecule has 0 heterocycles. The highest BCUT2D eigenvalue weighted by Crippen LogP contribution is 2.19. The molecule has 0 spiro atoms. The van der Waals surface area contributed by atoms with Crippen LogP contribution >= 0.6 is 0 Å². The number of rotatable bonds is 5. The third-order valence-corrected chi connectivity index (χ3v) is 3.60. The average molecular weight is 299 g/mol. The Bertz CT molecular complexity index is 366. The van der Waals surface area contributed by atoms with Crippen LogP contribution in [-0.2, 0) is 9.53 Å². The molecule has 0 bridgehead atoms. The van der Waals surface area contributed by atoms with Crippen molar-refractivity contribution in [2.24, 2.45) is 0 Å². The Labute approximate surface area is 127 Å². The van der Waals surface area contributed by atoms with Crippen LogP contribution in [0.2, 0.25) is 0 Å². The van der Waals surface area contributed by atoms with Crippen molar-refractivity contribution in [3.8, 4) is 0 Å². The van der Waals surface area contributed by atoms with Gasteiger partial charge in [0.15, 0.2) is 0 Å². The molecule has 2 N–H and O–H groups in total. The van der Waals surface area contributed by atoms with Gasteiger partial charge in [-0.05, 0) is 47.0 Å². The average Bonchev–Trinajstić information content (AvgIpc) is 2.80. The van der Waals surface area contributed by atoms with E-state index >= 15 is 0 Å². The van der Waals surface area contributed by atoms with Gasteiger partial charge in [0.1, 0.15) is 5.60 Å². The highest BCUT2D eigenvalue weighted by molar-refractivity contribution is 5.77. The Balaban J connectivity index is 2.26. The first-order valence-corrected chi connectivity index (χ1v) is 7.68. The molecule has 1 rings (SSSR count). The Morgan fingerprint density at radius 1 is 1.24 bits per heavy atom. The monoisotopic (exact) mass is 299 g/mol. The summed E-state index contributed by atoms with van der Waals surface area (Å²) >= 11 is 0. The first kappa shape index (κ1) is 17.8. The summed E-state index contributed by atoms with van der Waals surface area (Å²) in [5, 5.41) is 6.16. The Morgan fingerprint density at radius 3 is 2.43 bits per heavy atom. The second-order valence-electron chi connectivity index (χ2n) is 6.64. The number of hydrogen-bond donors (Lipinski definition) is 2. The van der Waals surface area contributed by atoms with Gasteiger partial charge in [-0.15, -0.1) is 0 Å². The van der Waals surface area contributed by atoms with Gasteiger partial charge in [0.25, 0.3) is 0 Å². The summed E-state index contributed by atoms with van der Waals surface area (Å²) in [6.45, 7) is 8.57. The Kier molecular flexibility index (Phi) is 6.45. The van der Waals surface area contributed by atoms with Crippen LogP contribution < -0.4 is 10.6 Å². The van der Waals surface area contributed by atoms with Crippen molar-refractivity contribution in [1.82, 2.24) is 15.5 Å². The molecule has 2 atom stereocenters. The van der Waals surface area contributed by atoms with Gasteiger partial charge in [-0.3, -0.25) is 4.79 Å². The van der Waals surface area contributed by atoms with E-state index in [1.54, 1.807) is 11.9 Å². The predicted molar refractivity (Wildman–Crippen MR) is 82.1 cm³/mol. The fourth-order valence-corrected chi connectivity index (χ4v) is 2.32. The lowest BCUT2D eigenvalue weighted by Gasteiger charge is -2.22. The number of hydrogen-bond acceptors (Lipinski definition) is 4. The SMILES string of the molecule is CCN(C)C(=O)CNC1CCC(NC(=O)OC(C)(C)C)C1.